The Balaban J connectivity index is 2.63. The number of hydrogen-bond acceptors (Lipinski definition) is 6. The normalized spacial score (nSPS) is 11.3. The van der Waals surface area contributed by atoms with E-state index in [2.05, 4.69) is 9.88 Å². The molecule has 0 atom stereocenters. The summed E-state index contributed by atoms with van der Waals surface area (Å²) in [6, 6.07) is 4.74. The lowest BCUT2D eigenvalue weighted by molar-refractivity contribution is -0.384. The lowest BCUT2D eigenvalue weighted by Gasteiger charge is -2.30. The van der Waals surface area contributed by atoms with Crippen molar-refractivity contribution in [1.29, 1.82) is 0 Å². The van der Waals surface area contributed by atoms with Crippen LogP contribution in [-0.2, 0) is 0 Å². The van der Waals surface area contributed by atoms with E-state index in [0.717, 1.165) is 0 Å². The fourth-order valence-corrected chi connectivity index (χ4v) is 3.55. The average molecular weight is 307 g/mol. The van der Waals surface area contributed by atoms with Gasteiger partial charge in [-0.1, -0.05) is 11.3 Å². The van der Waals surface area contributed by atoms with Crippen LogP contribution < -0.4 is 10.5 Å². The van der Waals surface area contributed by atoms with Gasteiger partial charge in [0.25, 0.3) is 11.2 Å². The number of anilines is 1. The molecule has 2 aromatic rings. The lowest BCUT2D eigenvalue weighted by Crippen LogP contribution is -2.38. The number of nitro groups is 1. The molecule has 0 aliphatic carbocycles. The molecule has 21 heavy (non-hydrogen) atoms. The number of hydrogen-bond donors (Lipinski definition) is 0. The highest BCUT2D eigenvalue weighted by Gasteiger charge is 2.19. The number of fused-ring (bicyclic) bond motifs is 1. The van der Waals surface area contributed by atoms with Gasteiger partial charge in [0.15, 0.2) is 5.13 Å². The van der Waals surface area contributed by atoms with Crippen molar-refractivity contribution in [1.82, 2.24) is 4.98 Å². The summed E-state index contributed by atoms with van der Waals surface area (Å²) in [7, 11) is 0. The van der Waals surface area contributed by atoms with E-state index in [1.165, 1.54) is 23.5 Å². The van der Waals surface area contributed by atoms with Crippen molar-refractivity contribution < 1.29 is 4.92 Å². The van der Waals surface area contributed by atoms with Crippen molar-refractivity contribution in [2.75, 3.05) is 4.90 Å². The van der Waals surface area contributed by atoms with Crippen LogP contribution in [0.25, 0.3) is 10.1 Å². The van der Waals surface area contributed by atoms with Crippen molar-refractivity contribution in [3.63, 3.8) is 0 Å². The van der Waals surface area contributed by atoms with Crippen LogP contribution in [0.5, 0.6) is 0 Å². The Morgan fingerprint density at radius 2 is 1.86 bits per heavy atom. The highest BCUT2D eigenvalue weighted by Crippen LogP contribution is 2.28. The molecule has 0 saturated carbocycles. The summed E-state index contributed by atoms with van der Waals surface area (Å²) in [5, 5.41) is 11.7. The monoisotopic (exact) mass is 307 g/mol. The van der Waals surface area contributed by atoms with E-state index in [1.54, 1.807) is 6.07 Å². The molecule has 112 valence electrons. The molecule has 7 heteroatoms. The predicted molar refractivity (Wildman–Crippen MR) is 85.3 cm³/mol. The maximum absolute atomic E-state index is 12.2. The second-order valence-corrected chi connectivity index (χ2v) is 6.34. The van der Waals surface area contributed by atoms with Crippen molar-refractivity contribution in [2.24, 2.45) is 0 Å². The van der Waals surface area contributed by atoms with E-state index in [4.69, 9.17) is 0 Å². The molecule has 0 unspecified atom stereocenters. The first-order valence-electron chi connectivity index (χ1n) is 6.69. The van der Waals surface area contributed by atoms with Gasteiger partial charge in [-0.2, -0.15) is 4.98 Å². The Hall–Kier alpha value is -2.02. The van der Waals surface area contributed by atoms with Gasteiger partial charge in [0.2, 0.25) is 0 Å². The van der Waals surface area contributed by atoms with Gasteiger partial charge in [0.05, 0.1) is 10.3 Å². The van der Waals surface area contributed by atoms with E-state index in [-0.39, 0.29) is 17.8 Å². The van der Waals surface area contributed by atoms with E-state index >= 15 is 0 Å². The van der Waals surface area contributed by atoms with Gasteiger partial charge in [0.1, 0.15) is 0 Å². The molecule has 0 aliphatic heterocycles. The maximum atomic E-state index is 12.2. The van der Waals surface area contributed by atoms with Crippen LogP contribution in [0, 0.1) is 10.1 Å². The fraction of sp³-hybridized carbons (Fsp3) is 0.429. The summed E-state index contributed by atoms with van der Waals surface area (Å²) < 4.78 is 0.710. The third kappa shape index (κ3) is 3.02. The molecule has 1 aromatic heterocycles. The SMILES string of the molecule is CC(C)N(c1nc(=O)c2cc([N+](=O)[O-])ccc2s1)C(C)C. The Morgan fingerprint density at radius 1 is 1.24 bits per heavy atom. The Bertz CT molecular complexity index is 732. The maximum Gasteiger partial charge on any atom is 0.281 e. The van der Waals surface area contributed by atoms with Gasteiger partial charge in [-0.25, -0.2) is 0 Å². The van der Waals surface area contributed by atoms with Crippen LogP contribution in [0.4, 0.5) is 10.8 Å². The zero-order valence-corrected chi connectivity index (χ0v) is 13.2. The lowest BCUT2D eigenvalue weighted by atomic mass is 10.2. The zero-order chi connectivity index (χ0) is 15.7. The second kappa shape index (κ2) is 5.77. The Labute approximate surface area is 126 Å². The molecule has 1 aromatic carbocycles. The van der Waals surface area contributed by atoms with Crippen molar-refractivity contribution in [3.8, 4) is 0 Å². The van der Waals surface area contributed by atoms with Crippen LogP contribution in [0.15, 0.2) is 23.0 Å². The molecular formula is C14H17N3O3S. The Morgan fingerprint density at radius 3 is 2.38 bits per heavy atom. The van der Waals surface area contributed by atoms with Crippen LogP contribution in [0.3, 0.4) is 0 Å². The molecule has 0 bridgehead atoms. The largest absolute Gasteiger partial charge is 0.343 e. The van der Waals surface area contributed by atoms with E-state index in [0.29, 0.717) is 15.2 Å². The van der Waals surface area contributed by atoms with Crippen LogP contribution in [-0.4, -0.2) is 22.0 Å². The minimum absolute atomic E-state index is 0.0917. The molecule has 0 spiro atoms. The highest BCUT2D eigenvalue weighted by atomic mass is 32.1. The quantitative estimate of drug-likeness (QED) is 0.640. The molecule has 1 heterocycles. The molecular weight excluding hydrogens is 290 g/mol. The van der Waals surface area contributed by atoms with Gasteiger partial charge in [-0.3, -0.25) is 14.9 Å². The molecule has 2 rings (SSSR count). The molecule has 6 nitrogen and oxygen atoms in total. The number of nitro benzene ring substituents is 1. The van der Waals surface area contributed by atoms with E-state index in [9.17, 15) is 14.9 Å². The van der Waals surface area contributed by atoms with Crippen molar-refractivity contribution in [3.05, 3.63) is 38.7 Å². The van der Waals surface area contributed by atoms with Crippen molar-refractivity contribution in [2.45, 2.75) is 39.8 Å². The zero-order valence-electron chi connectivity index (χ0n) is 12.4. The molecule has 0 aliphatic rings. The van der Waals surface area contributed by atoms with Crippen LogP contribution >= 0.6 is 11.3 Å². The molecule has 0 saturated heterocycles. The highest BCUT2D eigenvalue weighted by molar-refractivity contribution is 7.21. The minimum atomic E-state index is -0.508. The first-order valence-corrected chi connectivity index (χ1v) is 7.50. The second-order valence-electron chi connectivity index (χ2n) is 5.33. The Kier molecular flexibility index (Phi) is 4.22. The van der Waals surface area contributed by atoms with Gasteiger partial charge < -0.3 is 4.90 Å². The van der Waals surface area contributed by atoms with Gasteiger partial charge in [-0.15, -0.1) is 0 Å². The molecule has 0 radical (unpaired) electrons. The molecule has 0 amide bonds. The van der Waals surface area contributed by atoms with Gasteiger partial charge in [0, 0.05) is 28.9 Å². The van der Waals surface area contributed by atoms with E-state index < -0.39 is 10.5 Å². The topological polar surface area (TPSA) is 76.3 Å². The van der Waals surface area contributed by atoms with Gasteiger partial charge in [-0.05, 0) is 33.8 Å². The molecule has 0 fully saturated rings. The summed E-state index contributed by atoms with van der Waals surface area (Å²) in [6.07, 6.45) is 0. The average Bonchev–Trinajstić information content (AvgIpc) is 2.37. The number of rotatable bonds is 4. The van der Waals surface area contributed by atoms with Crippen LogP contribution in [0.2, 0.25) is 0 Å². The fourth-order valence-electron chi connectivity index (χ4n) is 2.30. The standard InChI is InChI=1S/C14H17N3O3S/c1-8(2)16(9(3)4)14-15-13(18)11-7-10(17(19)20)5-6-12(11)21-14/h5-9H,1-4H3. The molecule has 0 N–H and O–H groups in total. The first-order chi connectivity index (χ1) is 9.81. The van der Waals surface area contributed by atoms with E-state index in [1.807, 2.05) is 27.7 Å². The first kappa shape index (κ1) is 15.4. The summed E-state index contributed by atoms with van der Waals surface area (Å²) >= 11 is 1.38. The summed E-state index contributed by atoms with van der Waals surface area (Å²) in [5.41, 5.74) is -0.514. The number of aromatic nitrogens is 1. The number of benzene rings is 1. The summed E-state index contributed by atoms with van der Waals surface area (Å²) in [6.45, 7) is 8.16. The van der Waals surface area contributed by atoms with Crippen molar-refractivity contribution >= 4 is 32.2 Å². The summed E-state index contributed by atoms with van der Waals surface area (Å²) in [5.74, 6) is 0. The minimum Gasteiger partial charge on any atom is -0.343 e. The summed E-state index contributed by atoms with van der Waals surface area (Å²) in [4.78, 5) is 28.6. The van der Waals surface area contributed by atoms with Crippen LogP contribution in [0.1, 0.15) is 27.7 Å². The smallest absolute Gasteiger partial charge is 0.281 e. The third-order valence-electron chi connectivity index (χ3n) is 3.14. The van der Waals surface area contributed by atoms with Gasteiger partial charge >= 0.3 is 0 Å². The third-order valence-corrected chi connectivity index (χ3v) is 4.20. The number of non-ortho nitro benzene ring substituents is 1. The predicted octanol–water partition coefficient (Wildman–Crippen LogP) is 3.19. The number of nitrogens with zero attached hydrogens (tertiary/aromatic N) is 3.